The number of rotatable bonds is 5. The van der Waals surface area contributed by atoms with Gasteiger partial charge in [-0.25, -0.2) is 4.98 Å². The van der Waals surface area contributed by atoms with Gasteiger partial charge in [0.15, 0.2) is 5.92 Å². The standard InChI is InChI=1S/C11H13NO5/c1-3-17-11(15)9(10(13)14)7-5-4-6-8(12-7)16-2/h4-6,9H,3H2,1-2H3,(H,13,14). The lowest BCUT2D eigenvalue weighted by Crippen LogP contribution is -2.24. The zero-order valence-electron chi connectivity index (χ0n) is 9.54. The molecule has 0 bridgehead atoms. The zero-order chi connectivity index (χ0) is 12.8. The molecular formula is C11H13NO5. The molecule has 92 valence electrons. The van der Waals surface area contributed by atoms with E-state index >= 15 is 0 Å². The van der Waals surface area contributed by atoms with Crippen molar-refractivity contribution >= 4 is 11.9 Å². The molecule has 1 atom stereocenters. The number of nitrogens with zero attached hydrogens (tertiary/aromatic N) is 1. The SMILES string of the molecule is CCOC(=O)C(C(=O)O)c1cccc(OC)n1. The Kier molecular flexibility index (Phi) is 4.45. The van der Waals surface area contributed by atoms with E-state index in [9.17, 15) is 9.59 Å². The Hall–Kier alpha value is -2.11. The molecule has 0 saturated carbocycles. The van der Waals surface area contributed by atoms with Gasteiger partial charge >= 0.3 is 11.9 Å². The summed E-state index contributed by atoms with van der Waals surface area (Å²) in [5.74, 6) is -3.31. The van der Waals surface area contributed by atoms with Crippen molar-refractivity contribution in [3.05, 3.63) is 23.9 Å². The van der Waals surface area contributed by atoms with Crippen LogP contribution in [0.3, 0.4) is 0 Å². The predicted octanol–water partition coefficient (Wildman–Crippen LogP) is 0.821. The smallest absolute Gasteiger partial charge is 0.326 e. The Morgan fingerprint density at radius 3 is 2.71 bits per heavy atom. The summed E-state index contributed by atoms with van der Waals surface area (Å²) in [5.41, 5.74) is 0.0929. The van der Waals surface area contributed by atoms with Gasteiger partial charge in [-0.05, 0) is 13.0 Å². The third kappa shape index (κ3) is 3.17. The highest BCUT2D eigenvalue weighted by Gasteiger charge is 2.31. The number of methoxy groups -OCH3 is 1. The molecule has 0 fully saturated rings. The molecule has 6 heteroatoms. The number of pyridine rings is 1. The van der Waals surface area contributed by atoms with Crippen LogP contribution in [0.1, 0.15) is 18.5 Å². The van der Waals surface area contributed by atoms with Gasteiger partial charge in [0, 0.05) is 6.07 Å². The van der Waals surface area contributed by atoms with Gasteiger partial charge in [0.2, 0.25) is 5.88 Å². The lowest BCUT2D eigenvalue weighted by molar-refractivity contribution is -0.153. The molecule has 1 unspecified atom stereocenters. The quantitative estimate of drug-likeness (QED) is 0.604. The fourth-order valence-corrected chi connectivity index (χ4v) is 1.28. The number of carbonyl (C=O) groups excluding carboxylic acids is 1. The highest BCUT2D eigenvalue weighted by Crippen LogP contribution is 2.18. The van der Waals surface area contributed by atoms with Crippen molar-refractivity contribution in [2.75, 3.05) is 13.7 Å². The van der Waals surface area contributed by atoms with E-state index in [1.807, 2.05) is 0 Å². The summed E-state index contributed by atoms with van der Waals surface area (Å²) in [7, 11) is 1.41. The summed E-state index contributed by atoms with van der Waals surface area (Å²) in [6.45, 7) is 1.72. The van der Waals surface area contributed by atoms with E-state index in [0.29, 0.717) is 0 Å². The van der Waals surface area contributed by atoms with Gasteiger partial charge in [0.05, 0.1) is 19.4 Å². The average Bonchev–Trinajstić information content (AvgIpc) is 2.29. The molecule has 0 radical (unpaired) electrons. The molecule has 0 aromatic carbocycles. The van der Waals surface area contributed by atoms with Crippen molar-refractivity contribution in [3.8, 4) is 5.88 Å². The first-order valence-corrected chi connectivity index (χ1v) is 5.00. The number of esters is 1. The molecule has 0 aliphatic heterocycles. The van der Waals surface area contributed by atoms with Crippen LogP contribution >= 0.6 is 0 Å². The fraction of sp³-hybridized carbons (Fsp3) is 0.364. The van der Waals surface area contributed by atoms with Gasteiger partial charge in [-0.2, -0.15) is 0 Å². The van der Waals surface area contributed by atoms with E-state index in [1.165, 1.54) is 13.2 Å². The predicted molar refractivity (Wildman–Crippen MR) is 57.8 cm³/mol. The van der Waals surface area contributed by atoms with Gasteiger partial charge < -0.3 is 14.6 Å². The maximum atomic E-state index is 11.5. The normalized spacial score (nSPS) is 11.6. The molecule has 1 N–H and O–H groups in total. The highest BCUT2D eigenvalue weighted by atomic mass is 16.5. The van der Waals surface area contributed by atoms with Crippen LogP contribution in [0, 0.1) is 0 Å². The summed E-state index contributed by atoms with van der Waals surface area (Å²) in [6.07, 6.45) is 0. The summed E-state index contributed by atoms with van der Waals surface area (Å²) < 4.78 is 9.56. The van der Waals surface area contributed by atoms with Crippen LogP contribution in [0.5, 0.6) is 5.88 Å². The summed E-state index contributed by atoms with van der Waals surface area (Å²) in [5, 5.41) is 9.01. The number of hydrogen-bond acceptors (Lipinski definition) is 5. The van der Waals surface area contributed by atoms with Crippen LogP contribution in [0.15, 0.2) is 18.2 Å². The number of aromatic nitrogens is 1. The first-order valence-electron chi connectivity index (χ1n) is 5.00. The van der Waals surface area contributed by atoms with Gasteiger partial charge in [-0.15, -0.1) is 0 Å². The number of carboxylic acids is 1. The molecule has 1 heterocycles. The molecule has 0 saturated heterocycles. The first kappa shape index (κ1) is 13.0. The highest BCUT2D eigenvalue weighted by molar-refractivity contribution is 5.99. The number of carboxylic acid groups (broad SMARTS) is 1. The monoisotopic (exact) mass is 239 g/mol. The second-order valence-corrected chi connectivity index (χ2v) is 3.13. The molecule has 0 aliphatic carbocycles. The molecule has 1 aromatic rings. The van der Waals surface area contributed by atoms with E-state index in [4.69, 9.17) is 14.6 Å². The van der Waals surface area contributed by atoms with E-state index in [0.717, 1.165) is 0 Å². The Bertz CT molecular complexity index is 418. The molecule has 1 aromatic heterocycles. The van der Waals surface area contributed by atoms with Gasteiger partial charge in [0.1, 0.15) is 0 Å². The van der Waals surface area contributed by atoms with Crippen molar-refractivity contribution in [1.29, 1.82) is 0 Å². The van der Waals surface area contributed by atoms with Gasteiger partial charge in [0.25, 0.3) is 0 Å². The van der Waals surface area contributed by atoms with E-state index in [2.05, 4.69) is 4.98 Å². The molecule has 0 aliphatic rings. The minimum absolute atomic E-state index is 0.0929. The Morgan fingerprint density at radius 2 is 2.18 bits per heavy atom. The third-order valence-corrected chi connectivity index (χ3v) is 2.02. The Morgan fingerprint density at radius 1 is 1.47 bits per heavy atom. The van der Waals surface area contributed by atoms with Crippen LogP contribution in [-0.2, 0) is 14.3 Å². The molecule has 0 spiro atoms. The summed E-state index contributed by atoms with van der Waals surface area (Å²) in [4.78, 5) is 26.4. The van der Waals surface area contributed by atoms with Gasteiger partial charge in [-0.1, -0.05) is 6.07 Å². The molecule has 0 amide bonds. The topological polar surface area (TPSA) is 85.7 Å². The summed E-state index contributed by atoms with van der Waals surface area (Å²) >= 11 is 0. The average molecular weight is 239 g/mol. The second kappa shape index (κ2) is 5.83. The molecule has 17 heavy (non-hydrogen) atoms. The van der Waals surface area contributed by atoms with Gasteiger partial charge in [-0.3, -0.25) is 9.59 Å². The Labute approximate surface area is 98.2 Å². The van der Waals surface area contributed by atoms with Crippen molar-refractivity contribution < 1.29 is 24.2 Å². The number of carbonyl (C=O) groups is 2. The fourth-order valence-electron chi connectivity index (χ4n) is 1.28. The number of aliphatic carboxylic acids is 1. The van der Waals surface area contributed by atoms with Crippen LogP contribution < -0.4 is 4.74 Å². The number of ether oxygens (including phenoxy) is 2. The number of hydrogen-bond donors (Lipinski definition) is 1. The van der Waals surface area contributed by atoms with Crippen molar-refractivity contribution in [3.63, 3.8) is 0 Å². The summed E-state index contributed by atoms with van der Waals surface area (Å²) in [6, 6.07) is 4.57. The first-order chi connectivity index (χ1) is 8.10. The third-order valence-electron chi connectivity index (χ3n) is 2.02. The van der Waals surface area contributed by atoms with Crippen molar-refractivity contribution in [2.24, 2.45) is 0 Å². The lowest BCUT2D eigenvalue weighted by Gasteiger charge is -2.11. The van der Waals surface area contributed by atoms with E-state index < -0.39 is 17.9 Å². The minimum atomic E-state index is -1.43. The molecular weight excluding hydrogens is 226 g/mol. The van der Waals surface area contributed by atoms with Crippen molar-refractivity contribution in [2.45, 2.75) is 12.8 Å². The van der Waals surface area contributed by atoms with E-state index in [-0.39, 0.29) is 18.2 Å². The maximum absolute atomic E-state index is 11.5. The van der Waals surface area contributed by atoms with Crippen LogP contribution in [-0.4, -0.2) is 35.7 Å². The second-order valence-electron chi connectivity index (χ2n) is 3.13. The van der Waals surface area contributed by atoms with Crippen LogP contribution in [0.4, 0.5) is 0 Å². The maximum Gasteiger partial charge on any atom is 0.326 e. The molecule has 6 nitrogen and oxygen atoms in total. The van der Waals surface area contributed by atoms with Crippen molar-refractivity contribution in [1.82, 2.24) is 4.98 Å². The largest absolute Gasteiger partial charge is 0.481 e. The molecule has 1 rings (SSSR count). The Balaban J connectivity index is 3.05. The minimum Gasteiger partial charge on any atom is -0.481 e. The van der Waals surface area contributed by atoms with E-state index in [1.54, 1.807) is 19.1 Å². The van der Waals surface area contributed by atoms with Crippen LogP contribution in [0.25, 0.3) is 0 Å². The lowest BCUT2D eigenvalue weighted by atomic mass is 10.1. The zero-order valence-corrected chi connectivity index (χ0v) is 9.54. The van der Waals surface area contributed by atoms with Crippen LogP contribution in [0.2, 0.25) is 0 Å².